The van der Waals surface area contributed by atoms with Gasteiger partial charge in [-0.15, -0.1) is 0 Å². The van der Waals surface area contributed by atoms with Crippen molar-refractivity contribution in [1.29, 1.82) is 0 Å². The van der Waals surface area contributed by atoms with E-state index in [1.807, 2.05) is 0 Å². The molecule has 1 heterocycles. The molecule has 2 nitrogen and oxygen atoms in total. The lowest BCUT2D eigenvalue weighted by atomic mass is 9.93. The van der Waals surface area contributed by atoms with Crippen LogP contribution in [0.1, 0.15) is 30.9 Å². The molecule has 0 aliphatic heterocycles. The number of hydrogen-bond acceptors (Lipinski definition) is 1. The topological polar surface area (TPSA) is 28.7 Å². The number of H-pyrrole nitrogens is 1. The molecular weight excluding hydrogens is 236 g/mol. The summed E-state index contributed by atoms with van der Waals surface area (Å²) in [6.07, 6.45) is -3.41. The molecular formula is C11H10F4N2. The van der Waals surface area contributed by atoms with Gasteiger partial charge in [-0.2, -0.15) is 18.3 Å². The van der Waals surface area contributed by atoms with E-state index in [9.17, 15) is 17.6 Å². The summed E-state index contributed by atoms with van der Waals surface area (Å²) in [5.41, 5.74) is -0.971. The van der Waals surface area contributed by atoms with Gasteiger partial charge in [0.05, 0.1) is 17.3 Å². The zero-order valence-corrected chi connectivity index (χ0v) is 9.19. The minimum Gasteiger partial charge on any atom is -0.278 e. The van der Waals surface area contributed by atoms with Crippen molar-refractivity contribution in [3.05, 3.63) is 29.2 Å². The Balaban J connectivity index is 2.89. The number of halogens is 4. The number of aromatic amines is 1. The molecule has 1 N–H and O–H groups in total. The van der Waals surface area contributed by atoms with Crippen molar-refractivity contribution in [1.82, 2.24) is 10.2 Å². The first-order valence-electron chi connectivity index (χ1n) is 5.05. The summed E-state index contributed by atoms with van der Waals surface area (Å²) in [5, 5.41) is 6.44. The van der Waals surface area contributed by atoms with Gasteiger partial charge in [-0.1, -0.05) is 13.8 Å². The maximum Gasteiger partial charge on any atom is 0.419 e. The highest BCUT2D eigenvalue weighted by molar-refractivity contribution is 5.84. The SMILES string of the molecule is CC(C)c1c(C(F)(F)F)c(F)cc2[nH]ncc12. The largest absolute Gasteiger partial charge is 0.419 e. The molecule has 0 aliphatic rings. The predicted molar refractivity (Wildman–Crippen MR) is 55.1 cm³/mol. The molecule has 0 amide bonds. The first-order chi connectivity index (χ1) is 7.82. The zero-order valence-electron chi connectivity index (χ0n) is 9.19. The van der Waals surface area contributed by atoms with Gasteiger partial charge in [0.1, 0.15) is 5.82 Å². The second kappa shape index (κ2) is 3.72. The standard InChI is InChI=1S/C11H10F4N2/c1-5(2)9-6-4-16-17-8(6)3-7(12)10(9)11(13,14)15/h3-5H,1-2H3,(H,16,17). The van der Waals surface area contributed by atoms with Crippen molar-refractivity contribution >= 4 is 10.9 Å². The van der Waals surface area contributed by atoms with Gasteiger partial charge in [-0.25, -0.2) is 4.39 Å². The summed E-state index contributed by atoms with van der Waals surface area (Å²) in [6, 6.07) is 0.830. The maximum absolute atomic E-state index is 13.5. The number of nitrogens with one attached hydrogen (secondary N) is 1. The van der Waals surface area contributed by atoms with Crippen LogP contribution < -0.4 is 0 Å². The van der Waals surface area contributed by atoms with E-state index in [0.29, 0.717) is 5.39 Å². The first-order valence-corrected chi connectivity index (χ1v) is 5.05. The molecule has 92 valence electrons. The summed E-state index contributed by atoms with van der Waals surface area (Å²) < 4.78 is 52.0. The molecule has 0 radical (unpaired) electrons. The molecule has 2 rings (SSSR count). The Bertz CT molecular complexity index is 554. The van der Waals surface area contributed by atoms with Gasteiger partial charge >= 0.3 is 6.18 Å². The van der Waals surface area contributed by atoms with E-state index in [-0.39, 0.29) is 11.1 Å². The Hall–Kier alpha value is -1.59. The molecule has 2 aromatic rings. The predicted octanol–water partition coefficient (Wildman–Crippen LogP) is 3.84. The van der Waals surface area contributed by atoms with Gasteiger partial charge in [0.15, 0.2) is 0 Å². The lowest BCUT2D eigenvalue weighted by molar-refractivity contribution is -0.140. The number of aromatic nitrogens is 2. The van der Waals surface area contributed by atoms with Gasteiger partial charge in [0.25, 0.3) is 0 Å². The average Bonchev–Trinajstić information content (AvgIpc) is 2.60. The minimum atomic E-state index is -4.70. The molecule has 0 fully saturated rings. The van der Waals surface area contributed by atoms with Crippen LogP contribution in [0, 0.1) is 5.82 Å². The second-order valence-electron chi connectivity index (χ2n) is 4.13. The third-order valence-electron chi connectivity index (χ3n) is 2.60. The van der Waals surface area contributed by atoms with Crippen molar-refractivity contribution in [2.45, 2.75) is 25.9 Å². The molecule has 17 heavy (non-hydrogen) atoms. The van der Waals surface area contributed by atoms with Gasteiger partial charge in [-0.05, 0) is 11.5 Å². The monoisotopic (exact) mass is 246 g/mol. The van der Waals surface area contributed by atoms with Crippen molar-refractivity contribution in [3.8, 4) is 0 Å². The van der Waals surface area contributed by atoms with Crippen LogP contribution in [-0.2, 0) is 6.18 Å². The number of hydrogen-bond donors (Lipinski definition) is 1. The quantitative estimate of drug-likeness (QED) is 0.761. The van der Waals surface area contributed by atoms with E-state index in [4.69, 9.17) is 0 Å². The van der Waals surface area contributed by atoms with E-state index >= 15 is 0 Å². The van der Waals surface area contributed by atoms with Crippen LogP contribution in [0.3, 0.4) is 0 Å². The highest BCUT2D eigenvalue weighted by Gasteiger charge is 2.38. The fraction of sp³-hybridized carbons (Fsp3) is 0.364. The Morgan fingerprint density at radius 3 is 2.47 bits per heavy atom. The van der Waals surface area contributed by atoms with Crippen LogP contribution in [0.4, 0.5) is 17.6 Å². The Morgan fingerprint density at radius 2 is 1.94 bits per heavy atom. The van der Waals surface area contributed by atoms with Crippen molar-refractivity contribution in [3.63, 3.8) is 0 Å². The summed E-state index contributed by atoms with van der Waals surface area (Å²) >= 11 is 0. The molecule has 0 unspecified atom stereocenters. The van der Waals surface area contributed by atoms with E-state index < -0.39 is 23.5 Å². The molecule has 0 spiro atoms. The van der Waals surface area contributed by atoms with Crippen LogP contribution in [0.15, 0.2) is 12.3 Å². The van der Waals surface area contributed by atoms with Gasteiger partial charge < -0.3 is 0 Å². The van der Waals surface area contributed by atoms with Crippen molar-refractivity contribution in [2.24, 2.45) is 0 Å². The third kappa shape index (κ3) is 1.87. The van der Waals surface area contributed by atoms with E-state index in [1.165, 1.54) is 6.20 Å². The summed E-state index contributed by atoms with van der Waals surface area (Å²) in [5.74, 6) is -1.71. The number of rotatable bonds is 1. The summed E-state index contributed by atoms with van der Waals surface area (Å²) in [7, 11) is 0. The Labute approximate surface area is 94.6 Å². The molecule has 1 aromatic carbocycles. The first kappa shape index (κ1) is 11.9. The van der Waals surface area contributed by atoms with Crippen LogP contribution in [0.2, 0.25) is 0 Å². The van der Waals surface area contributed by atoms with Gasteiger partial charge in [0.2, 0.25) is 0 Å². The highest BCUT2D eigenvalue weighted by Crippen LogP contribution is 2.40. The molecule has 0 bridgehead atoms. The van der Waals surface area contributed by atoms with Crippen LogP contribution in [0.25, 0.3) is 10.9 Å². The fourth-order valence-electron chi connectivity index (χ4n) is 1.97. The Morgan fingerprint density at radius 1 is 1.29 bits per heavy atom. The minimum absolute atomic E-state index is 0.0544. The summed E-state index contributed by atoms with van der Waals surface area (Å²) in [4.78, 5) is 0. The molecule has 0 saturated carbocycles. The third-order valence-corrected chi connectivity index (χ3v) is 2.60. The van der Waals surface area contributed by atoms with Crippen molar-refractivity contribution in [2.75, 3.05) is 0 Å². The molecule has 6 heteroatoms. The number of fused-ring (bicyclic) bond motifs is 1. The highest BCUT2D eigenvalue weighted by atomic mass is 19.4. The zero-order chi connectivity index (χ0) is 12.8. The Kier molecular flexibility index (Phi) is 2.60. The molecule has 0 aliphatic carbocycles. The van der Waals surface area contributed by atoms with Crippen molar-refractivity contribution < 1.29 is 17.6 Å². The number of alkyl halides is 3. The lowest BCUT2D eigenvalue weighted by Crippen LogP contribution is -2.13. The number of nitrogens with zero attached hydrogens (tertiary/aromatic N) is 1. The maximum atomic E-state index is 13.5. The van der Waals surface area contributed by atoms with Crippen LogP contribution >= 0.6 is 0 Å². The van der Waals surface area contributed by atoms with Gasteiger partial charge in [-0.3, -0.25) is 5.10 Å². The molecule has 1 aromatic heterocycles. The van der Waals surface area contributed by atoms with E-state index in [1.54, 1.807) is 13.8 Å². The molecule has 0 atom stereocenters. The summed E-state index contributed by atoms with van der Waals surface area (Å²) in [6.45, 7) is 3.19. The van der Waals surface area contributed by atoms with E-state index in [2.05, 4.69) is 10.2 Å². The van der Waals surface area contributed by atoms with Gasteiger partial charge in [0, 0.05) is 11.5 Å². The van der Waals surface area contributed by atoms with Crippen LogP contribution in [-0.4, -0.2) is 10.2 Å². The fourth-order valence-corrected chi connectivity index (χ4v) is 1.97. The normalized spacial score (nSPS) is 12.6. The average molecular weight is 246 g/mol. The number of benzene rings is 1. The van der Waals surface area contributed by atoms with E-state index in [0.717, 1.165) is 6.07 Å². The molecule has 0 saturated heterocycles. The lowest BCUT2D eigenvalue weighted by Gasteiger charge is -2.17. The van der Waals surface area contributed by atoms with Crippen LogP contribution in [0.5, 0.6) is 0 Å². The second-order valence-corrected chi connectivity index (χ2v) is 4.13. The smallest absolute Gasteiger partial charge is 0.278 e.